The van der Waals surface area contributed by atoms with Crippen molar-refractivity contribution in [1.29, 1.82) is 0 Å². The minimum absolute atomic E-state index is 0. The number of benzene rings is 1. The SMILES string of the molecule is COC1(C(=O)Nc2ccc(OC3CCC3)c(F)c2)CCNCC1.Cl. The van der Waals surface area contributed by atoms with Gasteiger partial charge in [-0.05, 0) is 57.3 Å². The minimum Gasteiger partial charge on any atom is -0.487 e. The zero-order valence-corrected chi connectivity index (χ0v) is 14.6. The smallest absolute Gasteiger partial charge is 0.256 e. The molecule has 0 spiro atoms. The van der Waals surface area contributed by atoms with Crippen molar-refractivity contribution in [3.8, 4) is 5.75 Å². The molecular formula is C17H24ClFN2O3. The zero-order chi connectivity index (χ0) is 16.3. The van der Waals surface area contributed by atoms with Gasteiger partial charge in [0.25, 0.3) is 5.91 Å². The number of ether oxygens (including phenoxy) is 2. The average Bonchev–Trinajstić information content (AvgIpc) is 2.53. The van der Waals surface area contributed by atoms with Crippen molar-refractivity contribution in [3.05, 3.63) is 24.0 Å². The molecule has 1 aliphatic carbocycles. The second-order valence-corrected chi connectivity index (χ2v) is 6.22. The molecule has 2 fully saturated rings. The van der Waals surface area contributed by atoms with Crippen LogP contribution in [0.15, 0.2) is 18.2 Å². The lowest BCUT2D eigenvalue weighted by Crippen LogP contribution is -2.51. The summed E-state index contributed by atoms with van der Waals surface area (Å²) in [6, 6.07) is 4.54. The van der Waals surface area contributed by atoms with E-state index in [2.05, 4.69) is 10.6 Å². The lowest BCUT2D eigenvalue weighted by molar-refractivity contribution is -0.140. The van der Waals surface area contributed by atoms with Gasteiger partial charge >= 0.3 is 0 Å². The highest BCUT2D eigenvalue weighted by Gasteiger charge is 2.39. The Balaban J connectivity index is 0.00000208. The first-order valence-corrected chi connectivity index (χ1v) is 8.16. The Morgan fingerprint density at radius 2 is 2.04 bits per heavy atom. The Bertz CT molecular complexity index is 575. The zero-order valence-electron chi connectivity index (χ0n) is 13.8. The molecule has 0 radical (unpaired) electrons. The highest BCUT2D eigenvalue weighted by atomic mass is 35.5. The van der Waals surface area contributed by atoms with Gasteiger partial charge in [-0.2, -0.15) is 0 Å². The lowest BCUT2D eigenvalue weighted by Gasteiger charge is -2.34. The fourth-order valence-electron chi connectivity index (χ4n) is 2.94. The minimum atomic E-state index is -0.844. The van der Waals surface area contributed by atoms with Crippen molar-refractivity contribution < 1.29 is 18.7 Å². The Morgan fingerprint density at radius 1 is 1.33 bits per heavy atom. The molecular weight excluding hydrogens is 335 g/mol. The molecule has 0 unspecified atom stereocenters. The fourth-order valence-corrected chi connectivity index (χ4v) is 2.94. The number of carbonyl (C=O) groups excluding carboxylic acids is 1. The maximum absolute atomic E-state index is 14.1. The number of halogens is 2. The predicted molar refractivity (Wildman–Crippen MR) is 92.4 cm³/mol. The van der Waals surface area contributed by atoms with Gasteiger partial charge in [0.2, 0.25) is 0 Å². The van der Waals surface area contributed by atoms with E-state index in [1.165, 1.54) is 6.07 Å². The molecule has 1 aromatic carbocycles. The van der Waals surface area contributed by atoms with Gasteiger partial charge < -0.3 is 20.1 Å². The highest BCUT2D eigenvalue weighted by molar-refractivity contribution is 5.97. The molecule has 7 heteroatoms. The maximum atomic E-state index is 14.1. The van der Waals surface area contributed by atoms with Crippen LogP contribution in [0, 0.1) is 5.82 Å². The molecule has 5 nitrogen and oxygen atoms in total. The van der Waals surface area contributed by atoms with Crippen molar-refractivity contribution in [2.24, 2.45) is 0 Å². The summed E-state index contributed by atoms with van der Waals surface area (Å²) < 4.78 is 25.2. The van der Waals surface area contributed by atoms with E-state index in [0.29, 0.717) is 18.5 Å². The van der Waals surface area contributed by atoms with Crippen molar-refractivity contribution in [1.82, 2.24) is 5.32 Å². The first-order valence-electron chi connectivity index (χ1n) is 8.16. The van der Waals surface area contributed by atoms with Crippen LogP contribution in [0.1, 0.15) is 32.1 Å². The summed E-state index contributed by atoms with van der Waals surface area (Å²) in [5, 5.41) is 5.97. The number of methoxy groups -OCH3 is 1. The Kier molecular flexibility index (Phi) is 6.43. The van der Waals surface area contributed by atoms with E-state index < -0.39 is 11.4 Å². The molecule has 0 aromatic heterocycles. The molecule has 1 saturated heterocycles. The molecule has 24 heavy (non-hydrogen) atoms. The van der Waals surface area contributed by atoms with E-state index in [-0.39, 0.29) is 30.2 Å². The number of hydrogen-bond acceptors (Lipinski definition) is 4. The van der Waals surface area contributed by atoms with E-state index in [0.717, 1.165) is 32.4 Å². The summed E-state index contributed by atoms with van der Waals surface area (Å²) >= 11 is 0. The van der Waals surface area contributed by atoms with Gasteiger partial charge in [-0.3, -0.25) is 4.79 Å². The first kappa shape index (κ1) is 19.0. The molecule has 1 aromatic rings. The van der Waals surface area contributed by atoms with Crippen LogP contribution in [0.4, 0.5) is 10.1 Å². The number of nitrogens with one attached hydrogen (secondary N) is 2. The molecule has 1 amide bonds. The number of anilines is 1. The molecule has 1 heterocycles. The molecule has 1 saturated carbocycles. The van der Waals surface area contributed by atoms with Crippen molar-refractivity contribution >= 4 is 24.0 Å². The molecule has 3 rings (SSSR count). The van der Waals surface area contributed by atoms with Crippen LogP contribution in [0.5, 0.6) is 5.75 Å². The van der Waals surface area contributed by atoms with Gasteiger partial charge in [0.05, 0.1) is 6.10 Å². The van der Waals surface area contributed by atoms with E-state index in [1.807, 2.05) is 0 Å². The average molecular weight is 359 g/mol. The topological polar surface area (TPSA) is 59.6 Å². The van der Waals surface area contributed by atoms with Gasteiger partial charge in [-0.15, -0.1) is 12.4 Å². The van der Waals surface area contributed by atoms with E-state index in [4.69, 9.17) is 9.47 Å². The lowest BCUT2D eigenvalue weighted by atomic mass is 9.91. The maximum Gasteiger partial charge on any atom is 0.256 e. The quantitative estimate of drug-likeness (QED) is 0.849. The van der Waals surface area contributed by atoms with Crippen LogP contribution >= 0.6 is 12.4 Å². The third-order valence-corrected chi connectivity index (χ3v) is 4.75. The molecule has 2 aliphatic rings. The molecule has 0 atom stereocenters. The van der Waals surface area contributed by atoms with Crippen molar-refractivity contribution in [2.75, 3.05) is 25.5 Å². The Labute approximate surface area is 147 Å². The first-order chi connectivity index (χ1) is 11.1. The number of piperidine rings is 1. The largest absolute Gasteiger partial charge is 0.487 e. The summed E-state index contributed by atoms with van der Waals surface area (Å²) in [5.74, 6) is -0.434. The number of amides is 1. The fraction of sp³-hybridized carbons (Fsp3) is 0.588. The van der Waals surface area contributed by atoms with E-state index in [9.17, 15) is 9.18 Å². The van der Waals surface area contributed by atoms with Gasteiger partial charge in [0, 0.05) is 18.9 Å². The van der Waals surface area contributed by atoms with Crippen LogP contribution in [0.3, 0.4) is 0 Å². The second kappa shape index (κ2) is 8.14. The Hall–Kier alpha value is -1.37. The van der Waals surface area contributed by atoms with Crippen LogP contribution in [-0.2, 0) is 9.53 Å². The third kappa shape index (κ3) is 3.99. The third-order valence-electron chi connectivity index (χ3n) is 4.75. The monoisotopic (exact) mass is 358 g/mol. The number of hydrogen-bond donors (Lipinski definition) is 2. The van der Waals surface area contributed by atoms with Crippen LogP contribution in [0.25, 0.3) is 0 Å². The summed E-state index contributed by atoms with van der Waals surface area (Å²) in [6.45, 7) is 1.45. The van der Waals surface area contributed by atoms with Gasteiger partial charge in [0.1, 0.15) is 5.60 Å². The normalized spacial score (nSPS) is 19.8. The van der Waals surface area contributed by atoms with E-state index in [1.54, 1.807) is 19.2 Å². The molecule has 134 valence electrons. The summed E-state index contributed by atoms with van der Waals surface area (Å²) in [7, 11) is 1.54. The second-order valence-electron chi connectivity index (χ2n) is 6.22. The Morgan fingerprint density at radius 3 is 2.58 bits per heavy atom. The van der Waals surface area contributed by atoms with Gasteiger partial charge in [0.15, 0.2) is 11.6 Å². The number of carbonyl (C=O) groups is 1. The van der Waals surface area contributed by atoms with Gasteiger partial charge in [-0.1, -0.05) is 0 Å². The molecule has 0 bridgehead atoms. The van der Waals surface area contributed by atoms with E-state index >= 15 is 0 Å². The van der Waals surface area contributed by atoms with Crippen LogP contribution in [0.2, 0.25) is 0 Å². The summed E-state index contributed by atoms with van der Waals surface area (Å²) in [5.41, 5.74) is -0.425. The van der Waals surface area contributed by atoms with Crippen LogP contribution in [-0.4, -0.2) is 37.8 Å². The molecule has 1 aliphatic heterocycles. The van der Waals surface area contributed by atoms with Crippen molar-refractivity contribution in [3.63, 3.8) is 0 Å². The summed E-state index contributed by atoms with van der Waals surface area (Å²) in [4.78, 5) is 12.5. The molecule has 2 N–H and O–H groups in total. The predicted octanol–water partition coefficient (Wildman–Crippen LogP) is 2.89. The van der Waals surface area contributed by atoms with Crippen molar-refractivity contribution in [2.45, 2.75) is 43.8 Å². The number of rotatable bonds is 5. The highest BCUT2D eigenvalue weighted by Crippen LogP contribution is 2.29. The standard InChI is InChI=1S/C17H23FN2O3.ClH/c1-22-17(7-9-19-10-8-17)16(21)20-12-5-6-15(14(18)11-12)23-13-3-2-4-13;/h5-6,11,13,19H,2-4,7-10H2,1H3,(H,20,21);1H. The van der Waals surface area contributed by atoms with Crippen LogP contribution < -0.4 is 15.4 Å². The summed E-state index contributed by atoms with van der Waals surface area (Å²) in [6.07, 6.45) is 4.40. The van der Waals surface area contributed by atoms with Gasteiger partial charge in [-0.25, -0.2) is 4.39 Å².